The van der Waals surface area contributed by atoms with E-state index in [4.69, 9.17) is 5.26 Å². The van der Waals surface area contributed by atoms with Crippen LogP contribution in [0.5, 0.6) is 0 Å². The van der Waals surface area contributed by atoms with E-state index in [1.54, 1.807) is 0 Å². The molecule has 16 heavy (non-hydrogen) atoms. The second-order valence-electron chi connectivity index (χ2n) is 4.39. The van der Waals surface area contributed by atoms with Crippen molar-refractivity contribution in [2.45, 2.75) is 26.3 Å². The molecule has 1 aliphatic rings. The molecule has 0 spiro atoms. The standard InChI is InChI=1S/C13H15BrN2/c1-9-7-12(3-4-13(9)14)16-6-5-11(8-15)10(16)2/h3-4,7,10-11H,5-6H2,1-2H3. The molecule has 1 heterocycles. The lowest BCUT2D eigenvalue weighted by Crippen LogP contribution is -2.29. The van der Waals surface area contributed by atoms with Crippen molar-refractivity contribution in [3.63, 3.8) is 0 Å². The van der Waals surface area contributed by atoms with Crippen molar-refractivity contribution in [2.75, 3.05) is 11.4 Å². The summed E-state index contributed by atoms with van der Waals surface area (Å²) in [6.45, 7) is 5.22. The summed E-state index contributed by atoms with van der Waals surface area (Å²) in [5.41, 5.74) is 2.47. The second kappa shape index (κ2) is 4.47. The van der Waals surface area contributed by atoms with E-state index >= 15 is 0 Å². The summed E-state index contributed by atoms with van der Waals surface area (Å²) in [7, 11) is 0. The van der Waals surface area contributed by atoms with Gasteiger partial charge < -0.3 is 4.90 Å². The molecule has 1 saturated heterocycles. The van der Waals surface area contributed by atoms with Gasteiger partial charge in [-0.25, -0.2) is 0 Å². The summed E-state index contributed by atoms with van der Waals surface area (Å²) in [6, 6.07) is 9.09. The number of hydrogen-bond donors (Lipinski definition) is 0. The topological polar surface area (TPSA) is 27.0 Å². The lowest BCUT2D eigenvalue weighted by atomic mass is 10.0. The monoisotopic (exact) mass is 278 g/mol. The molecule has 3 heteroatoms. The molecule has 1 fully saturated rings. The zero-order chi connectivity index (χ0) is 11.7. The van der Waals surface area contributed by atoms with E-state index in [9.17, 15) is 0 Å². The summed E-state index contributed by atoms with van der Waals surface area (Å²) in [5, 5.41) is 9.02. The Hall–Kier alpha value is -1.01. The molecule has 2 rings (SSSR count). The average molecular weight is 279 g/mol. The third-order valence-corrected chi connectivity index (χ3v) is 4.28. The van der Waals surface area contributed by atoms with Crippen LogP contribution in [-0.4, -0.2) is 12.6 Å². The van der Waals surface area contributed by atoms with Gasteiger partial charge in [-0.3, -0.25) is 0 Å². The van der Waals surface area contributed by atoms with Gasteiger partial charge >= 0.3 is 0 Å². The SMILES string of the molecule is Cc1cc(N2CCC(C#N)C2C)ccc1Br. The molecule has 1 aromatic rings. The van der Waals surface area contributed by atoms with Crippen LogP contribution in [0.2, 0.25) is 0 Å². The maximum absolute atomic E-state index is 9.02. The number of benzene rings is 1. The predicted molar refractivity (Wildman–Crippen MR) is 69.4 cm³/mol. The maximum atomic E-state index is 9.02. The molecular weight excluding hydrogens is 264 g/mol. The highest BCUT2D eigenvalue weighted by molar-refractivity contribution is 9.10. The molecule has 2 unspecified atom stereocenters. The molecule has 1 aromatic carbocycles. The van der Waals surface area contributed by atoms with Crippen molar-refractivity contribution in [3.05, 3.63) is 28.2 Å². The van der Waals surface area contributed by atoms with Crippen molar-refractivity contribution < 1.29 is 0 Å². The maximum Gasteiger partial charge on any atom is 0.0681 e. The molecule has 2 nitrogen and oxygen atoms in total. The van der Waals surface area contributed by atoms with E-state index < -0.39 is 0 Å². The van der Waals surface area contributed by atoms with Crippen LogP contribution >= 0.6 is 15.9 Å². The number of halogens is 1. The van der Waals surface area contributed by atoms with Crippen molar-refractivity contribution in [3.8, 4) is 6.07 Å². The molecule has 0 bridgehead atoms. The Morgan fingerprint density at radius 3 is 2.81 bits per heavy atom. The van der Waals surface area contributed by atoms with Crippen molar-refractivity contribution >= 4 is 21.6 Å². The quantitative estimate of drug-likeness (QED) is 0.786. The summed E-state index contributed by atoms with van der Waals surface area (Å²) < 4.78 is 1.14. The van der Waals surface area contributed by atoms with Gasteiger partial charge in [-0.05, 0) is 44.0 Å². The van der Waals surface area contributed by atoms with Crippen molar-refractivity contribution in [1.29, 1.82) is 5.26 Å². The first kappa shape index (κ1) is 11.5. The Bertz CT molecular complexity index is 436. The minimum atomic E-state index is 0.170. The van der Waals surface area contributed by atoms with Gasteiger partial charge in [-0.15, -0.1) is 0 Å². The fourth-order valence-corrected chi connectivity index (χ4v) is 2.53. The first-order valence-electron chi connectivity index (χ1n) is 5.56. The van der Waals surface area contributed by atoms with Crippen LogP contribution in [0.4, 0.5) is 5.69 Å². The molecule has 0 N–H and O–H groups in total. The van der Waals surface area contributed by atoms with Gasteiger partial charge in [-0.1, -0.05) is 15.9 Å². The molecule has 0 saturated carbocycles. The minimum Gasteiger partial charge on any atom is -0.367 e. The van der Waals surface area contributed by atoms with E-state index in [0.29, 0.717) is 6.04 Å². The van der Waals surface area contributed by atoms with Crippen LogP contribution in [0.25, 0.3) is 0 Å². The molecular formula is C13H15BrN2. The third-order valence-electron chi connectivity index (χ3n) is 3.39. The number of rotatable bonds is 1. The highest BCUT2D eigenvalue weighted by atomic mass is 79.9. The molecule has 0 aliphatic carbocycles. The Morgan fingerprint density at radius 1 is 1.50 bits per heavy atom. The fraction of sp³-hybridized carbons (Fsp3) is 0.462. The molecule has 1 aliphatic heterocycles. The van der Waals surface area contributed by atoms with E-state index in [1.807, 2.05) is 0 Å². The van der Waals surface area contributed by atoms with E-state index in [2.05, 4.69) is 58.9 Å². The Balaban J connectivity index is 2.26. The highest BCUT2D eigenvalue weighted by Crippen LogP contribution is 2.31. The largest absolute Gasteiger partial charge is 0.367 e. The fourth-order valence-electron chi connectivity index (χ4n) is 2.28. The highest BCUT2D eigenvalue weighted by Gasteiger charge is 2.30. The predicted octanol–water partition coefficient (Wildman–Crippen LogP) is 3.50. The van der Waals surface area contributed by atoms with Gasteiger partial charge in [-0.2, -0.15) is 5.26 Å². The van der Waals surface area contributed by atoms with Crippen molar-refractivity contribution in [2.24, 2.45) is 5.92 Å². The van der Waals surface area contributed by atoms with Gasteiger partial charge in [0.05, 0.1) is 12.0 Å². The number of aryl methyl sites for hydroxylation is 1. The van der Waals surface area contributed by atoms with Crippen molar-refractivity contribution in [1.82, 2.24) is 0 Å². The van der Waals surface area contributed by atoms with E-state index in [-0.39, 0.29) is 5.92 Å². The third kappa shape index (κ3) is 1.94. The van der Waals surface area contributed by atoms with Crippen LogP contribution < -0.4 is 4.90 Å². The number of nitriles is 1. The van der Waals surface area contributed by atoms with Crippen LogP contribution in [0.15, 0.2) is 22.7 Å². The lowest BCUT2D eigenvalue weighted by Gasteiger charge is -2.25. The first-order chi connectivity index (χ1) is 7.63. The molecule has 2 atom stereocenters. The van der Waals surface area contributed by atoms with Gasteiger partial charge in [0.1, 0.15) is 0 Å². The summed E-state index contributed by atoms with van der Waals surface area (Å²) in [6.07, 6.45) is 0.979. The van der Waals surface area contributed by atoms with Gasteiger partial charge in [0, 0.05) is 22.7 Å². The smallest absolute Gasteiger partial charge is 0.0681 e. The number of hydrogen-bond acceptors (Lipinski definition) is 2. The summed E-state index contributed by atoms with van der Waals surface area (Å²) >= 11 is 3.51. The first-order valence-corrected chi connectivity index (χ1v) is 6.35. The van der Waals surface area contributed by atoms with Gasteiger partial charge in [0.2, 0.25) is 0 Å². The lowest BCUT2D eigenvalue weighted by molar-refractivity contribution is 0.615. The average Bonchev–Trinajstić information content (AvgIpc) is 2.64. The zero-order valence-corrected chi connectivity index (χ0v) is 11.2. The van der Waals surface area contributed by atoms with Crippen LogP contribution in [0.3, 0.4) is 0 Å². The molecule has 0 amide bonds. The minimum absolute atomic E-state index is 0.170. The molecule has 0 radical (unpaired) electrons. The number of nitrogens with zero attached hydrogens (tertiary/aromatic N) is 2. The Labute approximate surface area is 105 Å². The molecule has 84 valence electrons. The molecule has 0 aromatic heterocycles. The summed E-state index contributed by atoms with van der Waals surface area (Å²) in [5.74, 6) is 0.170. The van der Waals surface area contributed by atoms with E-state index in [1.165, 1.54) is 11.3 Å². The van der Waals surface area contributed by atoms with Crippen LogP contribution in [0.1, 0.15) is 18.9 Å². The van der Waals surface area contributed by atoms with Gasteiger partial charge in [0.15, 0.2) is 0 Å². The summed E-state index contributed by atoms with van der Waals surface area (Å²) in [4.78, 5) is 2.33. The Morgan fingerprint density at radius 2 is 2.25 bits per heavy atom. The van der Waals surface area contributed by atoms with E-state index in [0.717, 1.165) is 17.4 Å². The Kier molecular flexibility index (Phi) is 3.20. The van der Waals surface area contributed by atoms with Gasteiger partial charge in [0.25, 0.3) is 0 Å². The normalized spacial score (nSPS) is 24.5. The zero-order valence-electron chi connectivity index (χ0n) is 9.57. The van der Waals surface area contributed by atoms with Crippen LogP contribution in [0, 0.1) is 24.2 Å². The second-order valence-corrected chi connectivity index (χ2v) is 5.25. The number of anilines is 1. The van der Waals surface area contributed by atoms with Crippen LogP contribution in [-0.2, 0) is 0 Å².